The Labute approximate surface area is 372 Å². The molecular weight excluding hydrogens is 799 g/mol. The molecule has 2 heterocycles. The van der Waals surface area contributed by atoms with Gasteiger partial charge in [-0.25, -0.2) is 9.59 Å². The van der Waals surface area contributed by atoms with Crippen molar-refractivity contribution in [2.75, 3.05) is 34.7 Å². The third-order valence-corrected chi connectivity index (χ3v) is 10.4. The molecule has 0 aliphatic heterocycles. The van der Waals surface area contributed by atoms with Crippen molar-refractivity contribution in [2.45, 2.75) is 90.3 Å². The highest BCUT2D eigenvalue weighted by molar-refractivity contribution is 5.88. The zero-order chi connectivity index (χ0) is 45.9. The summed E-state index contributed by atoms with van der Waals surface area (Å²) in [4.78, 5) is 82.6. The van der Waals surface area contributed by atoms with E-state index in [1.807, 2.05) is 113 Å². The molecule has 2 aromatic carbocycles. The van der Waals surface area contributed by atoms with Crippen LogP contribution in [0.25, 0.3) is 0 Å². The average Bonchev–Trinajstić information content (AvgIpc) is 3.24. The molecule has 15 nitrogen and oxygen atoms in total. The summed E-state index contributed by atoms with van der Waals surface area (Å²) in [6.07, 6.45) is 3.08. The third-order valence-electron chi connectivity index (χ3n) is 10.4. The van der Waals surface area contributed by atoms with E-state index in [9.17, 15) is 24.0 Å². The lowest BCUT2D eigenvalue weighted by Crippen LogP contribution is -2.58. The first-order valence-corrected chi connectivity index (χ1v) is 21.4. The normalized spacial score (nSPS) is 13.6. The lowest BCUT2D eigenvalue weighted by molar-refractivity contribution is -0.153. The van der Waals surface area contributed by atoms with Gasteiger partial charge in [0.05, 0.1) is 37.1 Å². The van der Waals surface area contributed by atoms with Gasteiger partial charge in [0.25, 0.3) is 0 Å². The molecule has 338 valence electrons. The number of ether oxygens (including phenoxy) is 1. The fourth-order valence-corrected chi connectivity index (χ4v) is 7.01. The summed E-state index contributed by atoms with van der Waals surface area (Å²) in [6.45, 7) is 7.84. The number of pyridine rings is 2. The van der Waals surface area contributed by atoms with Crippen LogP contribution in [0.3, 0.4) is 0 Å². The minimum absolute atomic E-state index is 0.0288. The van der Waals surface area contributed by atoms with Gasteiger partial charge in [0.2, 0.25) is 11.8 Å². The second kappa shape index (κ2) is 24.9. The number of esters is 1. The van der Waals surface area contributed by atoms with Crippen LogP contribution in [-0.4, -0.2) is 120 Å². The maximum atomic E-state index is 14.4. The highest BCUT2D eigenvalue weighted by Crippen LogP contribution is 2.19. The number of hydrogen-bond acceptors (Lipinski definition) is 9. The van der Waals surface area contributed by atoms with Crippen molar-refractivity contribution < 1.29 is 28.7 Å². The van der Waals surface area contributed by atoms with Gasteiger partial charge in [-0.3, -0.25) is 29.3 Å². The quantitative estimate of drug-likeness (QED) is 0.0807. The Hall–Kier alpha value is -6.35. The SMILES string of the molecule is CC(C)[C@H](NC(=O)N(C)Cc1ccccn1)C(=O)N[C@@H](Cc1ccccc1)C[C@H](OC(=O)CN(C)C)[C@H](Cc1ccccc1)NC(=O)[C@@H](NC(=O)N(C)Cc1ccccn1)C(C)C. The van der Waals surface area contributed by atoms with Crippen molar-refractivity contribution in [3.05, 3.63) is 132 Å². The minimum Gasteiger partial charge on any atom is -0.459 e. The smallest absolute Gasteiger partial charge is 0.320 e. The highest BCUT2D eigenvalue weighted by Gasteiger charge is 2.35. The molecule has 0 spiro atoms. The number of amides is 6. The summed E-state index contributed by atoms with van der Waals surface area (Å²) in [6, 6.07) is 25.9. The van der Waals surface area contributed by atoms with Gasteiger partial charge in [-0.15, -0.1) is 0 Å². The fourth-order valence-electron chi connectivity index (χ4n) is 7.01. The number of hydrogen-bond donors (Lipinski definition) is 4. The molecule has 4 aromatic rings. The molecule has 0 fully saturated rings. The standard InChI is InChI=1S/C48H65N9O6/c1-33(2)43(53-47(61)56(7)30-37-23-15-17-25-49-37)45(59)51-39(27-35-19-11-9-12-20-35)29-41(63-42(58)32-55(5)6)40(28-36-21-13-10-14-22-36)52-46(60)44(34(3)4)54-48(62)57(8)31-38-24-16-18-26-50-38/h9-26,33-34,39-41,43-44H,27-32H2,1-8H3,(H,51,59)(H,52,60)(H,53,61)(H,54,62)/t39-,40-,41-,43-,44-/m0/s1. The second-order valence-corrected chi connectivity index (χ2v) is 16.9. The van der Waals surface area contributed by atoms with E-state index in [0.717, 1.165) is 11.1 Å². The van der Waals surface area contributed by atoms with Gasteiger partial charge in [0.15, 0.2) is 0 Å². The van der Waals surface area contributed by atoms with Crippen molar-refractivity contribution in [3.8, 4) is 0 Å². The van der Waals surface area contributed by atoms with Crippen LogP contribution in [0, 0.1) is 11.8 Å². The largest absolute Gasteiger partial charge is 0.459 e. The van der Waals surface area contributed by atoms with Crippen molar-refractivity contribution >= 4 is 29.8 Å². The molecule has 0 saturated carbocycles. The van der Waals surface area contributed by atoms with Crippen LogP contribution in [0.2, 0.25) is 0 Å². The number of nitrogens with zero attached hydrogens (tertiary/aromatic N) is 5. The van der Waals surface area contributed by atoms with Gasteiger partial charge < -0.3 is 35.8 Å². The van der Waals surface area contributed by atoms with Crippen LogP contribution in [0.15, 0.2) is 109 Å². The second-order valence-electron chi connectivity index (χ2n) is 16.9. The molecule has 0 unspecified atom stereocenters. The molecule has 0 bridgehead atoms. The Morgan fingerprint density at radius 3 is 1.44 bits per heavy atom. The van der Waals surface area contributed by atoms with E-state index >= 15 is 0 Å². The number of carbonyl (C=O) groups excluding carboxylic acids is 5. The van der Waals surface area contributed by atoms with Crippen LogP contribution in [-0.2, 0) is 45.1 Å². The number of carbonyl (C=O) groups is 5. The minimum atomic E-state index is -0.956. The molecule has 0 saturated heterocycles. The van der Waals surface area contributed by atoms with E-state index < -0.39 is 60.1 Å². The van der Waals surface area contributed by atoms with Crippen LogP contribution in [0.5, 0.6) is 0 Å². The van der Waals surface area contributed by atoms with Crippen LogP contribution in [0.4, 0.5) is 9.59 Å². The summed E-state index contributed by atoms with van der Waals surface area (Å²) in [5.74, 6) is -2.00. The molecular formula is C48H65N9O6. The Bertz CT molecular complexity index is 2020. The number of aromatic nitrogens is 2. The molecule has 6 amide bonds. The van der Waals surface area contributed by atoms with Gasteiger partial charge in [0, 0.05) is 39.0 Å². The zero-order valence-electron chi connectivity index (χ0n) is 37.9. The van der Waals surface area contributed by atoms with E-state index in [1.54, 1.807) is 57.6 Å². The van der Waals surface area contributed by atoms with Gasteiger partial charge in [-0.05, 0) is 74.2 Å². The van der Waals surface area contributed by atoms with E-state index in [2.05, 4.69) is 31.2 Å². The first-order valence-electron chi connectivity index (χ1n) is 21.4. The molecule has 63 heavy (non-hydrogen) atoms. The van der Waals surface area contributed by atoms with E-state index in [4.69, 9.17) is 4.74 Å². The molecule has 5 atom stereocenters. The highest BCUT2D eigenvalue weighted by atomic mass is 16.5. The van der Waals surface area contributed by atoms with Crippen LogP contribution >= 0.6 is 0 Å². The number of rotatable bonds is 22. The van der Waals surface area contributed by atoms with Gasteiger partial charge in [-0.2, -0.15) is 0 Å². The molecule has 2 aromatic heterocycles. The van der Waals surface area contributed by atoms with E-state index in [0.29, 0.717) is 17.8 Å². The summed E-state index contributed by atoms with van der Waals surface area (Å²) >= 11 is 0. The zero-order valence-corrected chi connectivity index (χ0v) is 37.9. The number of nitrogens with one attached hydrogen (secondary N) is 4. The number of likely N-dealkylation sites (N-methyl/N-ethyl adjacent to an activating group) is 1. The first-order chi connectivity index (χ1) is 30.1. The average molecular weight is 864 g/mol. The predicted molar refractivity (Wildman–Crippen MR) is 243 cm³/mol. The monoisotopic (exact) mass is 864 g/mol. The summed E-state index contributed by atoms with van der Waals surface area (Å²) < 4.78 is 6.30. The Balaban J connectivity index is 1.66. The number of benzene rings is 2. The third kappa shape index (κ3) is 16.8. The molecule has 0 aliphatic carbocycles. The topological polar surface area (TPSA) is 178 Å². The molecule has 0 aliphatic rings. The Kier molecular flexibility index (Phi) is 19.5. The fraction of sp³-hybridized carbons (Fsp3) is 0.438. The van der Waals surface area contributed by atoms with Gasteiger partial charge in [-0.1, -0.05) is 100 Å². The lowest BCUT2D eigenvalue weighted by atomic mass is 9.92. The van der Waals surface area contributed by atoms with E-state index in [1.165, 1.54) is 9.80 Å². The van der Waals surface area contributed by atoms with Crippen LogP contribution < -0.4 is 21.3 Å². The first kappa shape index (κ1) is 49.3. The maximum absolute atomic E-state index is 14.4. The summed E-state index contributed by atoms with van der Waals surface area (Å²) in [5.41, 5.74) is 3.18. The van der Waals surface area contributed by atoms with Gasteiger partial charge >= 0.3 is 18.0 Å². The Morgan fingerprint density at radius 1 is 0.571 bits per heavy atom. The summed E-state index contributed by atoms with van der Waals surface area (Å²) in [5, 5.41) is 12.2. The lowest BCUT2D eigenvalue weighted by Gasteiger charge is -2.34. The van der Waals surface area contributed by atoms with Crippen molar-refractivity contribution in [1.29, 1.82) is 0 Å². The van der Waals surface area contributed by atoms with Crippen molar-refractivity contribution in [3.63, 3.8) is 0 Å². The maximum Gasteiger partial charge on any atom is 0.320 e. The van der Waals surface area contributed by atoms with Gasteiger partial charge in [0.1, 0.15) is 18.2 Å². The number of urea groups is 2. The Morgan fingerprint density at radius 2 is 1.02 bits per heavy atom. The van der Waals surface area contributed by atoms with Crippen molar-refractivity contribution in [1.82, 2.24) is 45.9 Å². The van der Waals surface area contributed by atoms with E-state index in [-0.39, 0.29) is 44.3 Å². The summed E-state index contributed by atoms with van der Waals surface area (Å²) in [7, 11) is 6.79. The molecule has 0 radical (unpaired) electrons. The van der Waals surface area contributed by atoms with Crippen molar-refractivity contribution in [2.24, 2.45) is 11.8 Å². The molecule has 15 heteroatoms. The molecule has 4 N–H and O–H groups in total. The predicted octanol–water partition coefficient (Wildman–Crippen LogP) is 4.83. The molecule has 4 rings (SSSR count). The van der Waals surface area contributed by atoms with Crippen LogP contribution in [0.1, 0.15) is 56.6 Å².